The summed E-state index contributed by atoms with van der Waals surface area (Å²) in [7, 11) is 0. The Hall–Kier alpha value is -0.790. The molecule has 0 aromatic rings. The van der Waals surface area contributed by atoms with Crippen molar-refractivity contribution < 1.29 is 9.53 Å². The standard InChI is InChI=1S/C9H16O2/c1-4-8(3)6-7-9(10)11-5-2/h6H,4-5,7H2,1-3H3/b8-6-. The van der Waals surface area contributed by atoms with Crippen molar-refractivity contribution in [3.05, 3.63) is 11.6 Å². The monoisotopic (exact) mass is 156 g/mol. The minimum atomic E-state index is -0.139. The average molecular weight is 156 g/mol. The molecule has 0 heterocycles. The summed E-state index contributed by atoms with van der Waals surface area (Å²) in [6.45, 7) is 6.36. The molecule has 0 saturated carbocycles. The Kier molecular flexibility index (Phi) is 5.53. The van der Waals surface area contributed by atoms with Crippen molar-refractivity contribution in [3.8, 4) is 0 Å². The first-order chi connectivity index (χ1) is 5.20. The molecule has 0 unspecified atom stereocenters. The van der Waals surface area contributed by atoms with Gasteiger partial charge in [0.15, 0.2) is 0 Å². The lowest BCUT2D eigenvalue weighted by molar-refractivity contribution is -0.142. The van der Waals surface area contributed by atoms with Crippen molar-refractivity contribution in [2.45, 2.75) is 33.6 Å². The highest BCUT2D eigenvalue weighted by atomic mass is 16.5. The van der Waals surface area contributed by atoms with Crippen LogP contribution in [0, 0.1) is 0 Å². The van der Waals surface area contributed by atoms with Gasteiger partial charge in [-0.15, -0.1) is 0 Å². The molecule has 11 heavy (non-hydrogen) atoms. The lowest BCUT2D eigenvalue weighted by Crippen LogP contribution is -2.01. The second-order valence-corrected chi connectivity index (χ2v) is 2.41. The predicted octanol–water partition coefficient (Wildman–Crippen LogP) is 2.30. The zero-order valence-corrected chi connectivity index (χ0v) is 7.52. The van der Waals surface area contributed by atoms with E-state index in [-0.39, 0.29) is 5.97 Å². The normalized spacial score (nSPS) is 11.4. The van der Waals surface area contributed by atoms with Gasteiger partial charge in [-0.05, 0) is 20.3 Å². The molecule has 0 saturated heterocycles. The molecule has 0 aliphatic heterocycles. The third-order valence-electron chi connectivity index (χ3n) is 1.48. The molecule has 0 aliphatic carbocycles. The van der Waals surface area contributed by atoms with Crippen LogP contribution in [-0.2, 0) is 9.53 Å². The van der Waals surface area contributed by atoms with Gasteiger partial charge < -0.3 is 4.74 Å². The summed E-state index contributed by atoms with van der Waals surface area (Å²) in [5.74, 6) is -0.139. The first-order valence-corrected chi connectivity index (χ1v) is 4.02. The molecule has 0 aromatic heterocycles. The molecule has 0 spiro atoms. The Morgan fingerprint density at radius 1 is 1.45 bits per heavy atom. The van der Waals surface area contributed by atoms with E-state index in [1.807, 2.05) is 19.9 Å². The predicted molar refractivity (Wildman–Crippen MR) is 45.3 cm³/mol. The maximum Gasteiger partial charge on any atom is 0.309 e. The fourth-order valence-electron chi connectivity index (χ4n) is 0.622. The van der Waals surface area contributed by atoms with Crippen LogP contribution in [0.4, 0.5) is 0 Å². The number of ether oxygens (including phenoxy) is 1. The van der Waals surface area contributed by atoms with E-state index in [1.54, 1.807) is 0 Å². The van der Waals surface area contributed by atoms with Crippen LogP contribution in [0.25, 0.3) is 0 Å². The topological polar surface area (TPSA) is 26.3 Å². The summed E-state index contributed by atoms with van der Waals surface area (Å²) in [5.41, 5.74) is 1.23. The molecular formula is C9H16O2. The molecule has 0 rings (SSSR count). The molecule has 0 N–H and O–H groups in total. The van der Waals surface area contributed by atoms with E-state index in [0.29, 0.717) is 13.0 Å². The number of hydrogen-bond acceptors (Lipinski definition) is 2. The van der Waals surface area contributed by atoms with E-state index in [9.17, 15) is 4.79 Å². The van der Waals surface area contributed by atoms with Crippen LogP contribution >= 0.6 is 0 Å². The Morgan fingerprint density at radius 3 is 2.55 bits per heavy atom. The highest BCUT2D eigenvalue weighted by Crippen LogP contribution is 2.00. The van der Waals surface area contributed by atoms with Crippen molar-refractivity contribution in [2.24, 2.45) is 0 Å². The second-order valence-electron chi connectivity index (χ2n) is 2.41. The van der Waals surface area contributed by atoms with E-state index in [2.05, 4.69) is 6.92 Å². The average Bonchev–Trinajstić information content (AvgIpc) is 2.01. The minimum absolute atomic E-state index is 0.139. The van der Waals surface area contributed by atoms with Gasteiger partial charge in [0.2, 0.25) is 0 Å². The van der Waals surface area contributed by atoms with Crippen molar-refractivity contribution in [1.82, 2.24) is 0 Å². The zero-order valence-electron chi connectivity index (χ0n) is 7.52. The SMILES string of the molecule is CCOC(=O)C/C=C(/C)CC. The van der Waals surface area contributed by atoms with Gasteiger partial charge in [0, 0.05) is 0 Å². The van der Waals surface area contributed by atoms with E-state index >= 15 is 0 Å². The smallest absolute Gasteiger partial charge is 0.309 e. The summed E-state index contributed by atoms with van der Waals surface area (Å²) in [4.78, 5) is 10.8. The summed E-state index contributed by atoms with van der Waals surface area (Å²) in [6, 6.07) is 0. The first-order valence-electron chi connectivity index (χ1n) is 4.02. The molecule has 2 nitrogen and oxygen atoms in total. The van der Waals surface area contributed by atoms with E-state index in [0.717, 1.165) is 6.42 Å². The Morgan fingerprint density at radius 2 is 2.09 bits per heavy atom. The van der Waals surface area contributed by atoms with Gasteiger partial charge in [-0.2, -0.15) is 0 Å². The summed E-state index contributed by atoms with van der Waals surface area (Å²) in [6.07, 6.45) is 3.32. The number of carbonyl (C=O) groups excluding carboxylic acids is 1. The zero-order chi connectivity index (χ0) is 8.69. The number of hydrogen-bond donors (Lipinski definition) is 0. The van der Waals surface area contributed by atoms with Gasteiger partial charge in [0.1, 0.15) is 0 Å². The molecule has 2 heteroatoms. The van der Waals surface area contributed by atoms with Gasteiger partial charge in [0.25, 0.3) is 0 Å². The van der Waals surface area contributed by atoms with Crippen LogP contribution in [0.2, 0.25) is 0 Å². The van der Waals surface area contributed by atoms with Gasteiger partial charge >= 0.3 is 5.97 Å². The summed E-state index contributed by atoms with van der Waals surface area (Å²) < 4.78 is 4.75. The molecule has 0 aliphatic rings. The van der Waals surface area contributed by atoms with Crippen LogP contribution < -0.4 is 0 Å². The Bertz CT molecular complexity index is 148. The molecule has 0 amide bonds. The summed E-state index contributed by atoms with van der Waals surface area (Å²) >= 11 is 0. The van der Waals surface area contributed by atoms with Crippen molar-refractivity contribution in [1.29, 1.82) is 0 Å². The number of esters is 1. The van der Waals surface area contributed by atoms with Crippen LogP contribution in [0.1, 0.15) is 33.6 Å². The largest absolute Gasteiger partial charge is 0.466 e. The number of allylic oxidation sites excluding steroid dienone is 1. The van der Waals surface area contributed by atoms with Crippen molar-refractivity contribution in [3.63, 3.8) is 0 Å². The Balaban J connectivity index is 3.60. The second kappa shape index (κ2) is 5.96. The molecule has 64 valence electrons. The lowest BCUT2D eigenvalue weighted by atomic mass is 10.2. The molecule has 0 fully saturated rings. The van der Waals surface area contributed by atoms with Gasteiger partial charge in [-0.1, -0.05) is 18.6 Å². The van der Waals surface area contributed by atoms with Crippen LogP contribution in [-0.4, -0.2) is 12.6 Å². The minimum Gasteiger partial charge on any atom is -0.466 e. The number of carbonyl (C=O) groups is 1. The maximum atomic E-state index is 10.8. The Labute approximate surface area is 68.2 Å². The fourth-order valence-corrected chi connectivity index (χ4v) is 0.622. The summed E-state index contributed by atoms with van der Waals surface area (Å²) in [5, 5.41) is 0. The maximum absolute atomic E-state index is 10.8. The van der Waals surface area contributed by atoms with Gasteiger partial charge in [0.05, 0.1) is 13.0 Å². The molecule has 0 atom stereocenters. The van der Waals surface area contributed by atoms with Crippen LogP contribution in [0.15, 0.2) is 11.6 Å². The van der Waals surface area contributed by atoms with Crippen LogP contribution in [0.5, 0.6) is 0 Å². The molecule has 0 aromatic carbocycles. The van der Waals surface area contributed by atoms with Crippen molar-refractivity contribution in [2.75, 3.05) is 6.61 Å². The van der Waals surface area contributed by atoms with Gasteiger partial charge in [-0.3, -0.25) is 4.79 Å². The first kappa shape index (κ1) is 10.2. The van der Waals surface area contributed by atoms with E-state index in [1.165, 1.54) is 5.57 Å². The van der Waals surface area contributed by atoms with E-state index < -0.39 is 0 Å². The van der Waals surface area contributed by atoms with Crippen LogP contribution in [0.3, 0.4) is 0 Å². The highest BCUT2D eigenvalue weighted by Gasteiger charge is 1.96. The quantitative estimate of drug-likeness (QED) is 0.461. The molecule has 0 radical (unpaired) electrons. The highest BCUT2D eigenvalue weighted by molar-refractivity contribution is 5.71. The van der Waals surface area contributed by atoms with Gasteiger partial charge in [-0.25, -0.2) is 0 Å². The lowest BCUT2D eigenvalue weighted by Gasteiger charge is -1.98. The molecular weight excluding hydrogens is 140 g/mol. The number of rotatable bonds is 4. The fraction of sp³-hybridized carbons (Fsp3) is 0.667. The molecule has 0 bridgehead atoms. The van der Waals surface area contributed by atoms with E-state index in [4.69, 9.17) is 4.74 Å². The third-order valence-corrected chi connectivity index (χ3v) is 1.48. The third kappa shape index (κ3) is 5.64. The van der Waals surface area contributed by atoms with Crippen molar-refractivity contribution >= 4 is 5.97 Å².